The molecule has 0 fully saturated rings. The quantitative estimate of drug-likeness (QED) is 0.284. The van der Waals surface area contributed by atoms with E-state index in [0.29, 0.717) is 6.07 Å². The van der Waals surface area contributed by atoms with E-state index in [-0.39, 0.29) is 20.5 Å². The Kier molecular flexibility index (Phi) is 7.59. The highest BCUT2D eigenvalue weighted by Gasteiger charge is 2.28. The molecule has 2 aromatic heterocycles. The molecule has 0 amide bonds. The van der Waals surface area contributed by atoms with Crippen LogP contribution in [-0.2, 0) is 4.79 Å². The molecule has 0 radical (unpaired) electrons. The van der Waals surface area contributed by atoms with Crippen LogP contribution in [0.5, 0.6) is 0 Å². The first-order chi connectivity index (χ1) is 17.8. The Balaban J connectivity index is 2.06. The van der Waals surface area contributed by atoms with Crippen molar-refractivity contribution in [2.24, 2.45) is 5.41 Å². The molecule has 4 aromatic rings. The van der Waals surface area contributed by atoms with Gasteiger partial charge in [-0.3, -0.25) is 14.2 Å². The minimum Gasteiger partial charge on any atom is -0.318 e. The van der Waals surface area contributed by atoms with E-state index in [0.717, 1.165) is 54.2 Å². The summed E-state index contributed by atoms with van der Waals surface area (Å²) in [7, 11) is 0. The Morgan fingerprint density at radius 1 is 1.05 bits per heavy atom. The Morgan fingerprint density at radius 2 is 1.71 bits per heavy atom. The molecular weight excluding hydrogens is 619 g/mol. The number of thiazole rings is 1. The fourth-order valence-corrected chi connectivity index (χ4v) is 5.61. The molecule has 5 nitrogen and oxygen atoms in total. The van der Waals surface area contributed by atoms with E-state index in [4.69, 9.17) is 0 Å². The van der Waals surface area contributed by atoms with Gasteiger partial charge in [-0.25, -0.2) is 8.78 Å². The van der Waals surface area contributed by atoms with Crippen LogP contribution in [0.15, 0.2) is 53.3 Å². The summed E-state index contributed by atoms with van der Waals surface area (Å²) in [5.41, 5.74) is 1.54. The van der Waals surface area contributed by atoms with Crippen molar-refractivity contribution in [2.75, 3.05) is 0 Å². The lowest BCUT2D eigenvalue weighted by Gasteiger charge is -2.15. The van der Waals surface area contributed by atoms with Crippen molar-refractivity contribution in [3.63, 3.8) is 0 Å². The number of nitrogens with zero attached hydrogens (tertiary/aromatic N) is 3. The third-order valence-electron chi connectivity index (χ3n) is 6.05. The van der Waals surface area contributed by atoms with Gasteiger partial charge in [-0.15, -0.1) is 11.3 Å². The third-order valence-corrected chi connectivity index (χ3v) is 7.86. The molecule has 0 aliphatic heterocycles. The van der Waals surface area contributed by atoms with E-state index in [9.17, 15) is 23.6 Å². The van der Waals surface area contributed by atoms with Gasteiger partial charge in [0.05, 0.1) is 10.2 Å². The minimum absolute atomic E-state index is 0.000579. The summed E-state index contributed by atoms with van der Waals surface area (Å²) in [6.07, 6.45) is 1.68. The molecule has 0 N–H and O–H groups in total. The minimum atomic E-state index is -0.977. The summed E-state index contributed by atoms with van der Waals surface area (Å²) in [4.78, 5) is 26.8. The van der Waals surface area contributed by atoms with E-state index in [1.807, 2.05) is 50.2 Å². The topological polar surface area (TPSA) is 67.8 Å². The van der Waals surface area contributed by atoms with Gasteiger partial charge >= 0.3 is 0 Å². The first-order valence-corrected chi connectivity index (χ1v) is 13.6. The zero-order valence-electron chi connectivity index (χ0n) is 21.4. The fourth-order valence-electron chi connectivity index (χ4n) is 4.16. The van der Waals surface area contributed by atoms with Crippen LogP contribution in [-0.4, -0.2) is 14.9 Å². The predicted molar refractivity (Wildman–Crippen MR) is 154 cm³/mol. The van der Waals surface area contributed by atoms with E-state index in [1.54, 1.807) is 26.8 Å². The molecule has 0 spiro atoms. The maximum atomic E-state index is 14.9. The van der Waals surface area contributed by atoms with Crippen molar-refractivity contribution in [1.82, 2.24) is 9.13 Å². The number of rotatable bonds is 4. The first kappa shape index (κ1) is 27.7. The number of halogens is 3. The van der Waals surface area contributed by atoms with E-state index in [2.05, 4.69) is 27.2 Å². The Morgan fingerprint density at radius 3 is 2.29 bits per heavy atom. The average Bonchev–Trinajstić information content (AvgIpc) is 3.30. The molecule has 2 aromatic carbocycles. The number of Topliss-reactive ketones (excluding diaryl/α,β-unsaturated/α-hetero) is 1. The van der Waals surface area contributed by atoms with E-state index >= 15 is 0 Å². The Labute approximate surface area is 236 Å². The molecule has 0 atom stereocenters. The lowest BCUT2D eigenvalue weighted by Crippen LogP contribution is -2.33. The van der Waals surface area contributed by atoms with Gasteiger partial charge in [-0.05, 0) is 90.5 Å². The Bertz CT molecular complexity index is 1800. The lowest BCUT2D eigenvalue weighted by atomic mass is 9.87. The average molecular weight is 643 g/mol. The molecule has 4 rings (SSSR count). The van der Waals surface area contributed by atoms with Crippen molar-refractivity contribution >= 4 is 51.4 Å². The molecule has 194 valence electrons. The number of benzene rings is 2. The molecule has 0 aliphatic rings. The van der Waals surface area contributed by atoms with Crippen molar-refractivity contribution in [3.8, 4) is 17.4 Å². The number of carbonyl (C=O) groups is 1. The molecule has 0 saturated heterocycles. The lowest BCUT2D eigenvalue weighted by molar-refractivity contribution is -0.120. The summed E-state index contributed by atoms with van der Waals surface area (Å²) < 4.78 is 32.9. The van der Waals surface area contributed by atoms with Crippen LogP contribution in [0.25, 0.3) is 23.0 Å². The van der Waals surface area contributed by atoms with Gasteiger partial charge in [-0.1, -0.05) is 20.8 Å². The van der Waals surface area contributed by atoms with Gasteiger partial charge in [0.1, 0.15) is 27.9 Å². The number of aryl methyl sites for hydroxylation is 1. The maximum absolute atomic E-state index is 14.9. The zero-order valence-corrected chi connectivity index (χ0v) is 24.4. The molecule has 9 heteroatoms. The monoisotopic (exact) mass is 643 g/mol. The number of hydrogen-bond donors (Lipinski definition) is 0. The second-order valence-corrected chi connectivity index (χ2v) is 12.1. The summed E-state index contributed by atoms with van der Waals surface area (Å²) in [6, 6.07) is 14.7. The highest BCUT2D eigenvalue weighted by Crippen LogP contribution is 2.23. The van der Waals surface area contributed by atoms with Gasteiger partial charge in [-0.2, -0.15) is 5.26 Å². The van der Waals surface area contributed by atoms with Gasteiger partial charge in [0.15, 0.2) is 5.78 Å². The third kappa shape index (κ3) is 5.15. The van der Waals surface area contributed by atoms with Crippen molar-refractivity contribution in [1.29, 1.82) is 5.26 Å². The SMILES string of the molecule is Cc1cc(/C=c2\s/c(=C(\C#N)C(=O)C(C)(C)C)n(-c3ccc(F)cc3F)c2=O)c(C)n1-c1ccc(I)cc1. The van der Waals surface area contributed by atoms with Crippen LogP contribution in [0, 0.1) is 45.8 Å². The van der Waals surface area contributed by atoms with Gasteiger partial charge in [0.2, 0.25) is 0 Å². The molecule has 0 unspecified atom stereocenters. The van der Waals surface area contributed by atoms with Crippen LogP contribution in [0.2, 0.25) is 0 Å². The number of ketones is 1. The molecule has 38 heavy (non-hydrogen) atoms. The fraction of sp³-hybridized carbons (Fsp3) is 0.207. The zero-order chi connectivity index (χ0) is 27.9. The Hall–Kier alpha value is -3.36. The standard InChI is InChI=1S/C29H24F2IN3O2S/c1-16-12-18(17(2)34(16)21-9-7-20(32)8-10-21)13-25-27(37)35(24-11-6-19(30)14-23(24)31)28(38-25)22(15-33)26(36)29(3,4)5/h6-14H,1-5H3/b25-13-,28-22+. The smallest absolute Gasteiger partial charge is 0.273 e. The molecular formula is C29H24F2IN3O2S. The van der Waals surface area contributed by atoms with Crippen LogP contribution < -0.4 is 14.8 Å². The number of aromatic nitrogens is 2. The van der Waals surface area contributed by atoms with Crippen molar-refractivity contribution in [3.05, 3.63) is 100 Å². The summed E-state index contributed by atoms with van der Waals surface area (Å²) >= 11 is 3.17. The van der Waals surface area contributed by atoms with Crippen LogP contribution >= 0.6 is 33.9 Å². The molecule has 0 bridgehead atoms. The van der Waals surface area contributed by atoms with Crippen LogP contribution in [0.4, 0.5) is 8.78 Å². The van der Waals surface area contributed by atoms with Crippen LogP contribution in [0.1, 0.15) is 37.7 Å². The van der Waals surface area contributed by atoms with Gasteiger partial charge in [0, 0.05) is 32.1 Å². The summed E-state index contributed by atoms with van der Waals surface area (Å²) in [5.74, 6) is -2.27. The van der Waals surface area contributed by atoms with Gasteiger partial charge < -0.3 is 4.57 Å². The second kappa shape index (κ2) is 10.4. The summed E-state index contributed by atoms with van der Waals surface area (Å²) in [6.45, 7) is 8.87. The second-order valence-electron chi connectivity index (χ2n) is 9.86. The summed E-state index contributed by atoms with van der Waals surface area (Å²) in [5, 5.41) is 9.93. The number of carbonyl (C=O) groups excluding carboxylic acids is 1. The van der Waals surface area contributed by atoms with Crippen molar-refractivity contribution < 1.29 is 13.6 Å². The first-order valence-electron chi connectivity index (χ1n) is 11.7. The largest absolute Gasteiger partial charge is 0.318 e. The van der Waals surface area contributed by atoms with E-state index in [1.165, 1.54) is 0 Å². The highest BCUT2D eigenvalue weighted by atomic mass is 127. The van der Waals surface area contributed by atoms with E-state index < -0.39 is 28.4 Å². The van der Waals surface area contributed by atoms with Crippen molar-refractivity contribution in [2.45, 2.75) is 34.6 Å². The molecule has 0 aliphatic carbocycles. The van der Waals surface area contributed by atoms with Gasteiger partial charge in [0.25, 0.3) is 5.56 Å². The number of hydrogen-bond acceptors (Lipinski definition) is 4. The highest BCUT2D eigenvalue weighted by molar-refractivity contribution is 14.1. The number of nitriles is 1. The van der Waals surface area contributed by atoms with Crippen LogP contribution in [0.3, 0.4) is 0 Å². The molecule has 0 saturated carbocycles. The molecule has 2 heterocycles. The normalized spacial score (nSPS) is 13.0. The predicted octanol–water partition coefficient (Wildman–Crippen LogP) is 5.31. The maximum Gasteiger partial charge on any atom is 0.273 e.